The molecule has 1 atom stereocenters. The SMILES string of the molecule is NCC(F)(Cc1cc(Cl)ccc1Cl)c1ccccc1. The van der Waals surface area contributed by atoms with E-state index in [1.54, 1.807) is 42.5 Å². The van der Waals surface area contributed by atoms with Crippen LogP contribution in [0.2, 0.25) is 10.0 Å². The summed E-state index contributed by atoms with van der Waals surface area (Å²) in [6.07, 6.45) is 0.104. The van der Waals surface area contributed by atoms with E-state index in [-0.39, 0.29) is 13.0 Å². The molecule has 2 aromatic rings. The second-order valence-corrected chi connectivity index (χ2v) is 5.29. The van der Waals surface area contributed by atoms with Gasteiger partial charge in [-0.25, -0.2) is 4.39 Å². The number of benzene rings is 2. The molecule has 0 spiro atoms. The van der Waals surface area contributed by atoms with Gasteiger partial charge >= 0.3 is 0 Å². The first-order chi connectivity index (χ1) is 9.05. The fourth-order valence-corrected chi connectivity index (χ4v) is 2.39. The zero-order valence-electron chi connectivity index (χ0n) is 10.2. The summed E-state index contributed by atoms with van der Waals surface area (Å²) in [5, 5.41) is 1.03. The van der Waals surface area contributed by atoms with Crippen molar-refractivity contribution in [3.63, 3.8) is 0 Å². The molecule has 0 heterocycles. The maximum atomic E-state index is 15.0. The molecule has 0 saturated carbocycles. The van der Waals surface area contributed by atoms with Crippen LogP contribution in [0.5, 0.6) is 0 Å². The maximum Gasteiger partial charge on any atom is 0.152 e. The third-order valence-electron chi connectivity index (χ3n) is 3.09. The van der Waals surface area contributed by atoms with Gasteiger partial charge in [-0.2, -0.15) is 0 Å². The molecule has 0 saturated heterocycles. The Bertz CT molecular complexity index is 559. The summed E-state index contributed by atoms with van der Waals surface area (Å²) < 4.78 is 15.0. The summed E-state index contributed by atoms with van der Waals surface area (Å²) >= 11 is 12.0. The van der Waals surface area contributed by atoms with Crippen LogP contribution in [0.15, 0.2) is 48.5 Å². The van der Waals surface area contributed by atoms with Crippen molar-refractivity contribution < 1.29 is 4.39 Å². The average molecular weight is 298 g/mol. The molecule has 2 N–H and O–H groups in total. The van der Waals surface area contributed by atoms with Gasteiger partial charge in [0.1, 0.15) is 0 Å². The third-order valence-corrected chi connectivity index (χ3v) is 3.70. The van der Waals surface area contributed by atoms with Gasteiger partial charge in [-0.3, -0.25) is 0 Å². The van der Waals surface area contributed by atoms with Crippen LogP contribution in [0.1, 0.15) is 11.1 Å². The first kappa shape index (κ1) is 14.3. The molecule has 0 radical (unpaired) electrons. The Hall–Kier alpha value is -1.09. The van der Waals surface area contributed by atoms with Crippen molar-refractivity contribution in [2.24, 2.45) is 5.73 Å². The van der Waals surface area contributed by atoms with Crippen LogP contribution >= 0.6 is 23.2 Å². The minimum absolute atomic E-state index is 0.104. The third kappa shape index (κ3) is 3.27. The van der Waals surface area contributed by atoms with E-state index >= 15 is 4.39 Å². The average Bonchev–Trinajstić information content (AvgIpc) is 2.44. The summed E-state index contributed by atoms with van der Waals surface area (Å²) in [6, 6.07) is 13.9. The van der Waals surface area contributed by atoms with Gasteiger partial charge in [0.25, 0.3) is 0 Å². The number of hydrogen-bond donors (Lipinski definition) is 1. The number of hydrogen-bond acceptors (Lipinski definition) is 1. The van der Waals surface area contributed by atoms with E-state index in [1.165, 1.54) is 0 Å². The Morgan fingerprint density at radius 2 is 1.74 bits per heavy atom. The normalized spacial score (nSPS) is 14.1. The Morgan fingerprint density at radius 3 is 2.37 bits per heavy atom. The summed E-state index contributed by atoms with van der Waals surface area (Å²) in [7, 11) is 0. The summed E-state index contributed by atoms with van der Waals surface area (Å²) in [6.45, 7) is -0.111. The minimum Gasteiger partial charge on any atom is -0.327 e. The zero-order chi connectivity index (χ0) is 13.9. The van der Waals surface area contributed by atoms with Crippen molar-refractivity contribution in [1.29, 1.82) is 0 Å². The zero-order valence-corrected chi connectivity index (χ0v) is 11.8. The van der Waals surface area contributed by atoms with Crippen LogP contribution in [-0.2, 0) is 12.1 Å². The Balaban J connectivity index is 2.36. The lowest BCUT2D eigenvalue weighted by molar-refractivity contribution is 0.175. The van der Waals surface area contributed by atoms with E-state index in [2.05, 4.69) is 0 Å². The van der Waals surface area contributed by atoms with E-state index < -0.39 is 5.67 Å². The lowest BCUT2D eigenvalue weighted by Crippen LogP contribution is -2.32. The first-order valence-corrected chi connectivity index (χ1v) is 6.69. The molecule has 0 bridgehead atoms. The summed E-state index contributed by atoms with van der Waals surface area (Å²) in [5.41, 5.74) is 5.19. The molecule has 0 fully saturated rings. The second-order valence-electron chi connectivity index (χ2n) is 4.45. The predicted octanol–water partition coefficient (Wildman–Crippen LogP) is 4.36. The van der Waals surface area contributed by atoms with Crippen LogP contribution in [0.25, 0.3) is 0 Å². The van der Waals surface area contributed by atoms with Gasteiger partial charge in [0.15, 0.2) is 5.67 Å². The van der Waals surface area contributed by atoms with Crippen LogP contribution in [-0.4, -0.2) is 6.54 Å². The quantitative estimate of drug-likeness (QED) is 0.891. The van der Waals surface area contributed by atoms with Crippen molar-refractivity contribution in [3.05, 3.63) is 69.7 Å². The van der Waals surface area contributed by atoms with E-state index in [1.807, 2.05) is 6.07 Å². The fraction of sp³-hybridized carbons (Fsp3) is 0.200. The molecule has 0 aliphatic rings. The van der Waals surface area contributed by atoms with Crippen LogP contribution in [0, 0.1) is 0 Å². The van der Waals surface area contributed by atoms with Gasteiger partial charge in [0.2, 0.25) is 0 Å². The van der Waals surface area contributed by atoms with Crippen molar-refractivity contribution in [3.8, 4) is 0 Å². The Morgan fingerprint density at radius 1 is 1.05 bits per heavy atom. The lowest BCUT2D eigenvalue weighted by Gasteiger charge is -2.25. The second kappa shape index (κ2) is 5.91. The molecule has 1 nitrogen and oxygen atoms in total. The topological polar surface area (TPSA) is 26.0 Å². The highest BCUT2D eigenvalue weighted by molar-refractivity contribution is 6.33. The summed E-state index contributed by atoms with van der Waals surface area (Å²) in [5.74, 6) is 0. The van der Waals surface area contributed by atoms with Gasteiger partial charge in [-0.1, -0.05) is 53.5 Å². The molecule has 4 heteroatoms. The molecule has 19 heavy (non-hydrogen) atoms. The molecular formula is C15H14Cl2FN. The number of rotatable bonds is 4. The number of halogens is 3. The Kier molecular flexibility index (Phi) is 4.46. The van der Waals surface area contributed by atoms with Crippen LogP contribution in [0.4, 0.5) is 4.39 Å². The van der Waals surface area contributed by atoms with Crippen LogP contribution < -0.4 is 5.73 Å². The molecule has 100 valence electrons. The monoisotopic (exact) mass is 297 g/mol. The molecule has 2 aromatic carbocycles. The van der Waals surface area contributed by atoms with E-state index in [4.69, 9.17) is 28.9 Å². The molecule has 0 aliphatic carbocycles. The number of alkyl halides is 1. The van der Waals surface area contributed by atoms with Gasteiger partial charge in [-0.15, -0.1) is 0 Å². The van der Waals surface area contributed by atoms with Crippen molar-refractivity contribution in [1.82, 2.24) is 0 Å². The molecular weight excluding hydrogens is 284 g/mol. The van der Waals surface area contributed by atoms with Gasteiger partial charge in [0, 0.05) is 23.0 Å². The predicted molar refractivity (Wildman–Crippen MR) is 78.4 cm³/mol. The highest BCUT2D eigenvalue weighted by Gasteiger charge is 2.31. The van der Waals surface area contributed by atoms with Crippen molar-refractivity contribution in [2.45, 2.75) is 12.1 Å². The standard InChI is InChI=1S/C15H14Cl2FN/c16-13-6-7-14(17)11(8-13)9-15(18,10-19)12-4-2-1-3-5-12/h1-8H,9-10,19H2. The van der Waals surface area contributed by atoms with E-state index in [0.717, 1.165) is 0 Å². The number of nitrogens with two attached hydrogens (primary N) is 1. The molecule has 0 aliphatic heterocycles. The lowest BCUT2D eigenvalue weighted by atomic mass is 9.89. The Labute approximate surface area is 122 Å². The maximum absolute atomic E-state index is 15.0. The summed E-state index contributed by atoms with van der Waals surface area (Å²) in [4.78, 5) is 0. The minimum atomic E-state index is -1.64. The van der Waals surface area contributed by atoms with E-state index in [9.17, 15) is 0 Å². The molecule has 1 unspecified atom stereocenters. The fourth-order valence-electron chi connectivity index (χ4n) is 2.01. The molecule has 2 rings (SSSR count). The van der Waals surface area contributed by atoms with Crippen molar-refractivity contribution >= 4 is 23.2 Å². The smallest absolute Gasteiger partial charge is 0.152 e. The highest BCUT2D eigenvalue weighted by Crippen LogP contribution is 2.32. The van der Waals surface area contributed by atoms with Crippen LogP contribution in [0.3, 0.4) is 0 Å². The van der Waals surface area contributed by atoms with E-state index in [0.29, 0.717) is 21.2 Å². The van der Waals surface area contributed by atoms with Gasteiger partial charge in [0.05, 0.1) is 0 Å². The largest absolute Gasteiger partial charge is 0.327 e. The van der Waals surface area contributed by atoms with Gasteiger partial charge < -0.3 is 5.73 Å². The highest BCUT2D eigenvalue weighted by atomic mass is 35.5. The van der Waals surface area contributed by atoms with Crippen molar-refractivity contribution in [2.75, 3.05) is 6.54 Å². The first-order valence-electron chi connectivity index (χ1n) is 5.93. The molecule has 0 aromatic heterocycles. The molecule has 0 amide bonds. The van der Waals surface area contributed by atoms with Gasteiger partial charge in [-0.05, 0) is 29.3 Å².